The summed E-state index contributed by atoms with van der Waals surface area (Å²) in [6, 6.07) is 9.87. The number of hydrogen-bond acceptors (Lipinski definition) is 5. The van der Waals surface area contributed by atoms with Gasteiger partial charge in [0.2, 0.25) is 0 Å². The number of rotatable bonds is 4. The number of aliphatic hydroxyl groups excluding tert-OH is 1. The third kappa shape index (κ3) is 3.24. The van der Waals surface area contributed by atoms with E-state index in [9.17, 15) is 19.1 Å². The van der Waals surface area contributed by atoms with Crippen molar-refractivity contribution in [3.05, 3.63) is 88.5 Å². The maximum absolute atomic E-state index is 14.0. The van der Waals surface area contributed by atoms with Gasteiger partial charge in [0.25, 0.3) is 11.7 Å². The Morgan fingerprint density at radius 1 is 1.17 bits per heavy atom. The second-order valence-electron chi connectivity index (χ2n) is 6.92. The highest BCUT2D eigenvalue weighted by atomic mass is 19.1. The predicted molar refractivity (Wildman–Crippen MR) is 101 cm³/mol. The van der Waals surface area contributed by atoms with Gasteiger partial charge in [0.15, 0.2) is 0 Å². The lowest BCUT2D eigenvalue weighted by Gasteiger charge is -2.22. The van der Waals surface area contributed by atoms with Crippen molar-refractivity contribution >= 4 is 17.4 Å². The van der Waals surface area contributed by atoms with Gasteiger partial charge in [0.1, 0.15) is 34.9 Å². The summed E-state index contributed by atoms with van der Waals surface area (Å²) in [4.78, 5) is 26.9. The monoisotopic (exact) mass is 395 g/mol. The Balaban J connectivity index is 1.87. The number of amides is 1. The lowest BCUT2D eigenvalue weighted by atomic mass is 9.98. The lowest BCUT2D eigenvalue weighted by molar-refractivity contribution is -0.140. The van der Waals surface area contributed by atoms with Crippen molar-refractivity contribution in [1.29, 1.82) is 0 Å². The molecule has 29 heavy (non-hydrogen) atoms. The predicted octanol–water partition coefficient (Wildman–Crippen LogP) is 4.25. The molecule has 148 valence electrons. The average Bonchev–Trinajstić information content (AvgIpc) is 3.41. The highest BCUT2D eigenvalue weighted by Gasteiger charge is 2.47. The zero-order chi connectivity index (χ0) is 20.7. The van der Waals surface area contributed by atoms with Gasteiger partial charge < -0.3 is 18.8 Å². The lowest BCUT2D eigenvalue weighted by Crippen LogP contribution is -2.28. The molecule has 1 aliphatic heterocycles. The van der Waals surface area contributed by atoms with E-state index < -0.39 is 29.3 Å². The van der Waals surface area contributed by atoms with Crippen LogP contribution < -0.4 is 0 Å². The van der Waals surface area contributed by atoms with Gasteiger partial charge in [-0.2, -0.15) is 0 Å². The van der Waals surface area contributed by atoms with E-state index in [2.05, 4.69) is 0 Å². The largest absolute Gasteiger partial charge is 0.507 e. The smallest absolute Gasteiger partial charge is 0.296 e. The average molecular weight is 395 g/mol. The number of hydrogen-bond donors (Lipinski definition) is 1. The van der Waals surface area contributed by atoms with Crippen LogP contribution in [0.25, 0.3) is 5.76 Å². The van der Waals surface area contributed by atoms with Crippen LogP contribution in [0.3, 0.4) is 0 Å². The third-order valence-electron chi connectivity index (χ3n) is 4.92. The molecule has 0 radical (unpaired) electrons. The van der Waals surface area contributed by atoms with Gasteiger partial charge in [-0.15, -0.1) is 0 Å². The molecule has 4 rings (SSSR count). The Morgan fingerprint density at radius 3 is 2.59 bits per heavy atom. The van der Waals surface area contributed by atoms with Crippen molar-refractivity contribution in [1.82, 2.24) is 4.90 Å². The minimum Gasteiger partial charge on any atom is -0.507 e. The SMILES string of the molecule is Cc1ccc(C2/C(=C(/O)c3ccc(C)c(F)c3)C(=O)C(=O)N2Cc2ccco2)o1. The fourth-order valence-electron chi connectivity index (χ4n) is 3.41. The summed E-state index contributed by atoms with van der Waals surface area (Å²) in [5.74, 6) is -1.26. The normalized spacial score (nSPS) is 18.6. The van der Waals surface area contributed by atoms with Crippen LogP contribution in [0.2, 0.25) is 0 Å². The number of ketones is 1. The van der Waals surface area contributed by atoms with Gasteiger partial charge in [-0.1, -0.05) is 12.1 Å². The zero-order valence-corrected chi connectivity index (χ0v) is 15.8. The van der Waals surface area contributed by atoms with E-state index in [1.807, 2.05) is 0 Å². The topological polar surface area (TPSA) is 83.9 Å². The van der Waals surface area contributed by atoms with Crippen LogP contribution >= 0.6 is 0 Å². The summed E-state index contributed by atoms with van der Waals surface area (Å²) < 4.78 is 25.0. The number of furan rings is 2. The Kier molecular flexibility index (Phi) is 4.58. The number of halogens is 1. The van der Waals surface area contributed by atoms with E-state index in [0.29, 0.717) is 22.8 Å². The molecule has 1 amide bonds. The molecule has 6 nitrogen and oxygen atoms in total. The van der Waals surface area contributed by atoms with Crippen LogP contribution in [-0.4, -0.2) is 21.7 Å². The van der Waals surface area contributed by atoms with E-state index in [1.54, 1.807) is 38.1 Å². The number of carbonyl (C=O) groups excluding carboxylic acids is 2. The molecule has 1 aromatic carbocycles. The van der Waals surface area contributed by atoms with Gasteiger partial charge in [-0.3, -0.25) is 9.59 Å². The molecular weight excluding hydrogens is 377 g/mol. The number of aliphatic hydroxyl groups is 1. The summed E-state index contributed by atoms with van der Waals surface area (Å²) in [7, 11) is 0. The molecule has 1 N–H and O–H groups in total. The molecule has 0 aliphatic carbocycles. The van der Waals surface area contributed by atoms with Crippen molar-refractivity contribution in [2.45, 2.75) is 26.4 Å². The van der Waals surface area contributed by atoms with Gasteiger partial charge in [0.05, 0.1) is 18.4 Å². The zero-order valence-electron chi connectivity index (χ0n) is 15.8. The van der Waals surface area contributed by atoms with E-state index >= 15 is 0 Å². The second kappa shape index (κ2) is 7.09. The quantitative estimate of drug-likeness (QED) is 0.406. The molecular formula is C22H18FNO5. The first-order chi connectivity index (χ1) is 13.9. The second-order valence-corrected chi connectivity index (χ2v) is 6.92. The summed E-state index contributed by atoms with van der Waals surface area (Å²) >= 11 is 0. The first-order valence-electron chi connectivity index (χ1n) is 9.00. The molecule has 1 atom stereocenters. The van der Waals surface area contributed by atoms with Crippen LogP contribution in [0.4, 0.5) is 4.39 Å². The molecule has 0 bridgehead atoms. The fraction of sp³-hybridized carbons (Fsp3) is 0.182. The highest BCUT2D eigenvalue weighted by Crippen LogP contribution is 2.41. The fourth-order valence-corrected chi connectivity index (χ4v) is 3.41. The molecule has 1 unspecified atom stereocenters. The van der Waals surface area contributed by atoms with Gasteiger partial charge in [-0.25, -0.2) is 4.39 Å². The summed E-state index contributed by atoms with van der Waals surface area (Å²) in [5.41, 5.74) is 0.356. The minimum atomic E-state index is -0.960. The molecule has 1 fully saturated rings. The molecule has 3 heterocycles. The number of likely N-dealkylation sites (tertiary alicyclic amines) is 1. The van der Waals surface area contributed by atoms with E-state index in [0.717, 1.165) is 6.07 Å². The van der Waals surface area contributed by atoms with Gasteiger partial charge in [0, 0.05) is 5.56 Å². The van der Waals surface area contributed by atoms with Crippen LogP contribution in [0.1, 0.15) is 34.4 Å². The summed E-state index contributed by atoms with van der Waals surface area (Å²) in [6.07, 6.45) is 1.47. The molecule has 0 spiro atoms. The van der Waals surface area contributed by atoms with E-state index in [4.69, 9.17) is 8.83 Å². The maximum Gasteiger partial charge on any atom is 0.296 e. The van der Waals surface area contributed by atoms with Crippen LogP contribution in [0.15, 0.2) is 63.1 Å². The maximum atomic E-state index is 14.0. The Bertz CT molecular complexity index is 1130. The van der Waals surface area contributed by atoms with Crippen molar-refractivity contribution in [3.8, 4) is 0 Å². The molecule has 0 saturated carbocycles. The molecule has 1 saturated heterocycles. The van der Waals surface area contributed by atoms with Crippen molar-refractivity contribution in [2.75, 3.05) is 0 Å². The molecule has 1 aliphatic rings. The number of aryl methyl sites for hydroxylation is 2. The van der Waals surface area contributed by atoms with Gasteiger partial charge in [-0.05, 0) is 49.7 Å². The number of benzene rings is 1. The first-order valence-corrected chi connectivity index (χ1v) is 9.00. The number of carbonyl (C=O) groups is 2. The van der Waals surface area contributed by atoms with E-state index in [-0.39, 0.29) is 17.7 Å². The van der Waals surface area contributed by atoms with Crippen molar-refractivity contribution < 1.29 is 27.9 Å². The third-order valence-corrected chi connectivity index (χ3v) is 4.92. The van der Waals surface area contributed by atoms with Gasteiger partial charge >= 0.3 is 0 Å². The van der Waals surface area contributed by atoms with Crippen LogP contribution in [0.5, 0.6) is 0 Å². The summed E-state index contributed by atoms with van der Waals surface area (Å²) in [6.45, 7) is 3.34. The first kappa shape index (κ1) is 18.7. The van der Waals surface area contributed by atoms with E-state index in [1.165, 1.54) is 23.3 Å². The van der Waals surface area contributed by atoms with Crippen molar-refractivity contribution in [3.63, 3.8) is 0 Å². The van der Waals surface area contributed by atoms with Crippen LogP contribution in [-0.2, 0) is 16.1 Å². The van der Waals surface area contributed by atoms with Crippen LogP contribution in [0, 0.1) is 19.7 Å². The Hall–Kier alpha value is -3.61. The highest BCUT2D eigenvalue weighted by molar-refractivity contribution is 6.46. The number of nitrogens with zero attached hydrogens (tertiary/aromatic N) is 1. The summed E-state index contributed by atoms with van der Waals surface area (Å²) in [5, 5.41) is 10.9. The molecule has 2 aromatic heterocycles. The minimum absolute atomic E-state index is 0.0149. The Morgan fingerprint density at radius 2 is 1.97 bits per heavy atom. The van der Waals surface area contributed by atoms with Crippen molar-refractivity contribution in [2.24, 2.45) is 0 Å². The Labute approximate surface area is 165 Å². The molecule has 7 heteroatoms. The molecule has 3 aromatic rings. The standard InChI is InChI=1S/C22H18FNO5/c1-12-5-7-14(10-16(12)23)20(25)18-19(17-8-6-13(2)29-17)24(22(27)21(18)26)11-15-4-3-9-28-15/h3-10,19,25H,11H2,1-2H3/b20-18-. The number of Topliss-reactive ketones (excluding diaryl/α,β-unsaturated/α-hetero) is 1.